The van der Waals surface area contributed by atoms with Crippen LogP contribution in [0.5, 0.6) is 0 Å². The van der Waals surface area contributed by atoms with E-state index in [0.29, 0.717) is 6.61 Å². The quantitative estimate of drug-likeness (QED) is 0.0895. The molecular weight excluding hydrogens is 611 g/mol. The predicted octanol–water partition coefficient (Wildman–Crippen LogP) is 10.6. The molecule has 1 heterocycles. The number of allylic oxidation sites excluding steroid dienone is 1. The summed E-state index contributed by atoms with van der Waals surface area (Å²) in [5.74, 6) is 0. The van der Waals surface area contributed by atoms with Gasteiger partial charge in [-0.05, 0) is 62.9 Å². The highest BCUT2D eigenvalue weighted by molar-refractivity contribution is 6.99. The van der Waals surface area contributed by atoms with Gasteiger partial charge in [0, 0.05) is 0 Å². The molecule has 2 atom stereocenters. The summed E-state index contributed by atoms with van der Waals surface area (Å²) in [5.41, 5.74) is -1.45. The Kier molecular flexibility index (Phi) is 15.5. The third-order valence-corrected chi connectivity index (χ3v) is 14.5. The van der Waals surface area contributed by atoms with Gasteiger partial charge in [0.2, 0.25) is 0 Å². The normalized spacial score (nSPS) is 17.6. The third-order valence-electron chi connectivity index (χ3n) is 9.52. The molecule has 5 nitrogen and oxygen atoms in total. The van der Waals surface area contributed by atoms with Gasteiger partial charge in [0.15, 0.2) is 0 Å². The molecule has 0 saturated carbocycles. The van der Waals surface area contributed by atoms with Gasteiger partial charge in [-0.3, -0.25) is 4.90 Å². The van der Waals surface area contributed by atoms with Gasteiger partial charge in [-0.15, -0.1) is 0 Å². The van der Waals surface area contributed by atoms with Crippen molar-refractivity contribution < 1.29 is 18.7 Å². The number of benzene rings is 2. The number of amides is 1. The first-order valence-corrected chi connectivity index (χ1v) is 20.8. The van der Waals surface area contributed by atoms with E-state index in [9.17, 15) is 4.79 Å². The van der Waals surface area contributed by atoms with Crippen molar-refractivity contribution in [1.82, 2.24) is 4.90 Å². The predicted molar refractivity (Wildman–Crippen MR) is 205 cm³/mol. The lowest BCUT2D eigenvalue weighted by molar-refractivity contribution is -0.0656. The molecule has 0 N–H and O–H groups in total. The summed E-state index contributed by atoms with van der Waals surface area (Å²) < 4.78 is 20.0. The Morgan fingerprint density at radius 3 is 1.77 bits per heavy atom. The van der Waals surface area contributed by atoms with E-state index >= 15 is 0 Å². The van der Waals surface area contributed by atoms with Gasteiger partial charge in [-0.1, -0.05) is 165 Å². The van der Waals surface area contributed by atoms with Crippen LogP contribution in [0.1, 0.15) is 139 Å². The number of unbranched alkanes of at least 4 members (excludes halogenated alkanes) is 11. The molecule has 1 amide bonds. The van der Waals surface area contributed by atoms with Crippen LogP contribution in [-0.2, 0) is 13.9 Å². The van der Waals surface area contributed by atoms with Gasteiger partial charge in [0.1, 0.15) is 11.3 Å². The lowest BCUT2D eigenvalue weighted by Gasteiger charge is -2.46. The Morgan fingerprint density at radius 1 is 0.833 bits per heavy atom. The average molecular weight is 678 g/mol. The zero-order valence-corrected chi connectivity index (χ0v) is 32.9. The monoisotopic (exact) mass is 677 g/mol. The van der Waals surface area contributed by atoms with Crippen molar-refractivity contribution in [3.05, 3.63) is 72.8 Å². The Balaban J connectivity index is 1.88. The van der Waals surface area contributed by atoms with E-state index in [4.69, 9.17) is 13.9 Å². The molecule has 1 aliphatic rings. The maximum absolute atomic E-state index is 13.8. The molecule has 3 rings (SSSR count). The van der Waals surface area contributed by atoms with Crippen LogP contribution in [-0.4, -0.2) is 49.4 Å². The fourth-order valence-corrected chi connectivity index (χ4v) is 11.7. The third kappa shape index (κ3) is 11.3. The molecule has 0 radical (unpaired) electrons. The van der Waals surface area contributed by atoms with Crippen molar-refractivity contribution in [2.75, 3.05) is 6.61 Å². The Labute approximate surface area is 295 Å². The number of carbonyl (C=O) groups is 1. The van der Waals surface area contributed by atoms with Crippen molar-refractivity contribution >= 4 is 24.8 Å². The summed E-state index contributed by atoms with van der Waals surface area (Å²) in [6.45, 7) is 19.2. The number of hydrogen-bond donors (Lipinski definition) is 0. The highest BCUT2D eigenvalue weighted by atomic mass is 28.4. The van der Waals surface area contributed by atoms with Crippen LogP contribution in [0.3, 0.4) is 0 Å². The fourth-order valence-electron chi connectivity index (χ4n) is 7.04. The van der Waals surface area contributed by atoms with Crippen LogP contribution < -0.4 is 10.4 Å². The number of rotatable bonds is 18. The minimum absolute atomic E-state index is 0.205. The second-order valence-corrected chi connectivity index (χ2v) is 20.4. The molecule has 1 aliphatic heterocycles. The first kappa shape index (κ1) is 40.0. The Bertz CT molecular complexity index is 1190. The minimum atomic E-state index is -2.93. The minimum Gasteiger partial charge on any atom is -0.444 e. The molecule has 6 heteroatoms. The molecular formula is C42H67NO4Si. The molecule has 0 bridgehead atoms. The molecule has 1 unspecified atom stereocenters. The average Bonchev–Trinajstić information content (AvgIpc) is 3.35. The van der Waals surface area contributed by atoms with Gasteiger partial charge in [-0.2, -0.15) is 0 Å². The summed E-state index contributed by atoms with van der Waals surface area (Å²) in [7, 11) is -2.93. The van der Waals surface area contributed by atoms with E-state index in [1.807, 2.05) is 34.6 Å². The second-order valence-electron chi connectivity index (χ2n) is 16.2. The molecule has 2 aromatic rings. The van der Waals surface area contributed by atoms with Gasteiger partial charge in [0.25, 0.3) is 8.32 Å². The lowest BCUT2D eigenvalue weighted by atomic mass is 10.0. The van der Waals surface area contributed by atoms with Crippen molar-refractivity contribution in [2.24, 2.45) is 0 Å². The molecule has 48 heavy (non-hydrogen) atoms. The maximum Gasteiger partial charge on any atom is 0.413 e. The molecule has 268 valence electrons. The van der Waals surface area contributed by atoms with E-state index in [0.717, 1.165) is 12.8 Å². The Hall–Kier alpha value is -2.41. The standard InChI is InChI=1S/C42H67NO4Si/c1-10-11-12-13-14-15-16-17-18-19-20-21-28-33-38(37-34-45-42(8,9)43(37)39(44)46-40(2,3)4)47-48(41(5,6)7,35-29-24-22-25-30-35)36-31-26-23-27-32-36/h22-33,37-38H,10-21,34H2,1-9H3/b33-28+/t37?,38-/m1/s1. The van der Waals surface area contributed by atoms with E-state index in [1.165, 1.54) is 74.6 Å². The van der Waals surface area contributed by atoms with Gasteiger partial charge in [-0.25, -0.2) is 4.79 Å². The second kappa shape index (κ2) is 18.5. The summed E-state index contributed by atoms with van der Waals surface area (Å²) >= 11 is 0. The van der Waals surface area contributed by atoms with Gasteiger partial charge >= 0.3 is 6.09 Å². The van der Waals surface area contributed by atoms with Crippen molar-refractivity contribution in [3.8, 4) is 0 Å². The van der Waals surface area contributed by atoms with E-state index in [-0.39, 0.29) is 17.2 Å². The summed E-state index contributed by atoms with van der Waals surface area (Å²) in [4.78, 5) is 15.6. The van der Waals surface area contributed by atoms with E-state index < -0.39 is 25.7 Å². The molecule has 0 aliphatic carbocycles. The zero-order chi connectivity index (χ0) is 35.3. The van der Waals surface area contributed by atoms with Crippen LogP contribution in [0.2, 0.25) is 5.04 Å². The molecule has 2 aromatic carbocycles. The zero-order valence-electron chi connectivity index (χ0n) is 31.9. The summed E-state index contributed by atoms with van der Waals surface area (Å²) in [6, 6.07) is 21.1. The highest BCUT2D eigenvalue weighted by Gasteiger charge is 2.55. The topological polar surface area (TPSA) is 48.0 Å². The van der Waals surface area contributed by atoms with E-state index in [2.05, 4.69) is 101 Å². The smallest absolute Gasteiger partial charge is 0.413 e. The van der Waals surface area contributed by atoms with Crippen LogP contribution in [0, 0.1) is 0 Å². The number of ether oxygens (including phenoxy) is 2. The maximum atomic E-state index is 13.8. The molecule has 0 aromatic heterocycles. The highest BCUT2D eigenvalue weighted by Crippen LogP contribution is 2.40. The molecule has 0 spiro atoms. The Morgan fingerprint density at radius 2 is 1.31 bits per heavy atom. The molecule has 1 saturated heterocycles. The first-order valence-electron chi connectivity index (χ1n) is 18.8. The largest absolute Gasteiger partial charge is 0.444 e. The van der Waals surface area contributed by atoms with E-state index in [1.54, 1.807) is 4.90 Å². The van der Waals surface area contributed by atoms with Crippen LogP contribution in [0.4, 0.5) is 4.79 Å². The fraction of sp³-hybridized carbons (Fsp3) is 0.643. The summed E-state index contributed by atoms with van der Waals surface area (Å²) in [5, 5.41) is 2.23. The number of hydrogen-bond acceptors (Lipinski definition) is 4. The van der Waals surface area contributed by atoms with Gasteiger partial charge in [0.05, 0.1) is 18.8 Å². The van der Waals surface area contributed by atoms with Crippen molar-refractivity contribution in [3.63, 3.8) is 0 Å². The lowest BCUT2D eigenvalue weighted by Crippen LogP contribution is -2.69. The van der Waals surface area contributed by atoms with Crippen molar-refractivity contribution in [1.29, 1.82) is 0 Å². The number of nitrogens with zero attached hydrogens (tertiary/aromatic N) is 1. The summed E-state index contributed by atoms with van der Waals surface area (Å²) in [6.07, 6.45) is 19.3. The van der Waals surface area contributed by atoms with Crippen LogP contribution in [0.25, 0.3) is 0 Å². The van der Waals surface area contributed by atoms with Gasteiger partial charge < -0.3 is 13.9 Å². The van der Waals surface area contributed by atoms with Crippen LogP contribution >= 0.6 is 0 Å². The SMILES string of the molecule is CCCCCCCCCCCCC/C=C/[C@@H](O[Si](c1ccccc1)(c1ccccc1)C(C)(C)C)C1COC(C)(C)N1C(=O)OC(C)(C)C. The molecule has 1 fully saturated rings. The van der Waals surface area contributed by atoms with Crippen molar-refractivity contribution in [2.45, 2.75) is 168 Å². The first-order chi connectivity index (χ1) is 22.7. The number of carbonyl (C=O) groups excluding carboxylic acids is 1. The van der Waals surface area contributed by atoms with Crippen LogP contribution in [0.15, 0.2) is 72.8 Å².